The second-order valence-corrected chi connectivity index (χ2v) is 11.0. The minimum absolute atomic E-state index is 0.0134. The van der Waals surface area contributed by atoms with Gasteiger partial charge < -0.3 is 30.2 Å². The molecule has 212 valence electrons. The maximum absolute atomic E-state index is 13.4. The van der Waals surface area contributed by atoms with Crippen LogP contribution in [0.5, 0.6) is 5.75 Å². The molecule has 2 heterocycles. The van der Waals surface area contributed by atoms with E-state index < -0.39 is 47.3 Å². The summed E-state index contributed by atoms with van der Waals surface area (Å²) in [5.41, 5.74) is -0.848. The highest BCUT2D eigenvalue weighted by Gasteiger charge is 2.55. The number of hydrogen-bond acceptors (Lipinski definition) is 8. The standard InChI is InChI=1S/C31H35NO8/c1-6-18-7-8-24(22(34)9-15(2)3)40-30(38)17(5)11-21-29(37)32-25-13-23(35)27-20(31(21,25)39)10-16(4)28(36)26(27)19(12-18)14-33/h7-11,13-14,18-19,21-22,24,34,36,39H,6,12H2,1-5H3,(H,32,37)/t18-,19?,21+,22-,24-,31-/m0/s1. The number of aryl methyl sites for hydroxylation is 1. The van der Waals surface area contributed by atoms with Crippen LogP contribution in [-0.4, -0.2) is 51.5 Å². The molecule has 2 aliphatic heterocycles. The highest BCUT2D eigenvalue weighted by molar-refractivity contribution is 6.12. The minimum Gasteiger partial charge on any atom is -0.507 e. The Hall–Kier alpha value is -3.82. The number of phenolic OH excluding ortho intramolecular Hbond substituents is 1. The zero-order chi connectivity index (χ0) is 29.5. The number of carbonyl (C=O) groups is 4. The van der Waals surface area contributed by atoms with Gasteiger partial charge in [-0.15, -0.1) is 0 Å². The van der Waals surface area contributed by atoms with Gasteiger partial charge in [-0.2, -0.15) is 0 Å². The molecule has 9 heteroatoms. The first-order valence-corrected chi connectivity index (χ1v) is 13.4. The van der Waals surface area contributed by atoms with Crippen molar-refractivity contribution in [2.75, 3.05) is 0 Å². The molecule has 6 atom stereocenters. The molecule has 1 saturated heterocycles. The number of amides is 1. The van der Waals surface area contributed by atoms with Crippen molar-refractivity contribution >= 4 is 23.9 Å². The van der Waals surface area contributed by atoms with Gasteiger partial charge >= 0.3 is 5.97 Å². The molecule has 9 nitrogen and oxygen atoms in total. The second kappa shape index (κ2) is 11.0. The molecule has 3 aliphatic rings. The lowest BCUT2D eigenvalue weighted by Gasteiger charge is -2.35. The van der Waals surface area contributed by atoms with E-state index in [1.165, 1.54) is 19.1 Å². The number of esters is 1. The van der Waals surface area contributed by atoms with Crippen LogP contribution < -0.4 is 5.32 Å². The molecule has 1 fully saturated rings. The molecule has 0 saturated carbocycles. The van der Waals surface area contributed by atoms with Crippen LogP contribution >= 0.6 is 0 Å². The van der Waals surface area contributed by atoms with Crippen LogP contribution in [0.1, 0.15) is 73.5 Å². The van der Waals surface area contributed by atoms with E-state index in [0.717, 1.165) is 11.6 Å². The van der Waals surface area contributed by atoms with Gasteiger partial charge in [0.05, 0.1) is 11.6 Å². The molecule has 4 bridgehead atoms. The number of benzene rings is 1. The van der Waals surface area contributed by atoms with Crippen LogP contribution in [0.15, 0.2) is 53.3 Å². The maximum atomic E-state index is 13.4. The normalized spacial score (nSPS) is 28.8. The van der Waals surface area contributed by atoms with Crippen LogP contribution in [0.2, 0.25) is 0 Å². The minimum atomic E-state index is -2.06. The SMILES string of the molecule is CC[C@H]1C=C[C@@H]([C@@H](O)C=C(C)C)OC(=O)C(C)=C[C@@H]2C(=O)NC3=CC(=O)c4c(cc(C)c(O)c4C(C=O)C1)[C@@]32O. The molecule has 1 amide bonds. The molecule has 1 aromatic carbocycles. The Labute approximate surface area is 232 Å². The highest BCUT2D eigenvalue weighted by Crippen LogP contribution is 2.50. The Morgan fingerprint density at radius 1 is 1.23 bits per heavy atom. The van der Waals surface area contributed by atoms with Crippen molar-refractivity contribution in [3.05, 3.63) is 75.5 Å². The molecule has 1 unspecified atom stereocenters. The van der Waals surface area contributed by atoms with Crippen LogP contribution in [0, 0.1) is 18.8 Å². The number of allylic oxidation sites excluding steroid dienone is 3. The van der Waals surface area contributed by atoms with Gasteiger partial charge in [0.2, 0.25) is 5.91 Å². The van der Waals surface area contributed by atoms with Gasteiger partial charge in [0.25, 0.3) is 0 Å². The molecule has 0 spiro atoms. The van der Waals surface area contributed by atoms with Gasteiger partial charge in [0.1, 0.15) is 29.8 Å². The maximum Gasteiger partial charge on any atom is 0.334 e. The van der Waals surface area contributed by atoms with Crippen molar-refractivity contribution in [2.24, 2.45) is 11.8 Å². The summed E-state index contributed by atoms with van der Waals surface area (Å²) in [4.78, 5) is 52.2. The van der Waals surface area contributed by atoms with Gasteiger partial charge in [0.15, 0.2) is 5.78 Å². The number of aromatic hydroxyl groups is 1. The summed E-state index contributed by atoms with van der Waals surface area (Å²) >= 11 is 0. The average molecular weight is 550 g/mol. The molecule has 1 aromatic rings. The van der Waals surface area contributed by atoms with Crippen molar-refractivity contribution in [3.63, 3.8) is 0 Å². The summed E-state index contributed by atoms with van der Waals surface area (Å²) in [7, 11) is 0. The number of phenols is 1. The number of ketones is 1. The molecule has 0 radical (unpaired) electrons. The molecule has 1 aliphatic carbocycles. The average Bonchev–Trinajstić information content (AvgIpc) is 3.13. The summed E-state index contributed by atoms with van der Waals surface area (Å²) in [6.45, 7) is 8.52. The number of aldehydes is 1. The topological polar surface area (TPSA) is 150 Å². The summed E-state index contributed by atoms with van der Waals surface area (Å²) in [5, 5.41) is 36.6. The highest BCUT2D eigenvalue weighted by atomic mass is 16.6. The fourth-order valence-corrected chi connectivity index (χ4v) is 5.69. The first-order valence-electron chi connectivity index (χ1n) is 13.4. The van der Waals surface area contributed by atoms with Crippen molar-refractivity contribution in [2.45, 2.75) is 71.2 Å². The predicted molar refractivity (Wildman–Crippen MR) is 146 cm³/mol. The van der Waals surface area contributed by atoms with Gasteiger partial charge in [-0.3, -0.25) is 9.59 Å². The van der Waals surface area contributed by atoms with Gasteiger partial charge in [-0.1, -0.05) is 30.7 Å². The summed E-state index contributed by atoms with van der Waals surface area (Å²) in [6, 6.07) is 1.44. The third-order valence-electron chi connectivity index (χ3n) is 7.87. The number of rotatable bonds is 4. The number of cyclic esters (lactones) is 1. The Kier molecular flexibility index (Phi) is 8.01. The van der Waals surface area contributed by atoms with E-state index in [1.54, 1.807) is 39.0 Å². The first-order chi connectivity index (χ1) is 18.8. The fraction of sp³-hybridized carbons (Fsp3) is 0.419. The Bertz CT molecular complexity index is 1400. The van der Waals surface area contributed by atoms with E-state index in [4.69, 9.17) is 4.74 Å². The van der Waals surface area contributed by atoms with Gasteiger partial charge in [0, 0.05) is 34.3 Å². The lowest BCUT2D eigenvalue weighted by atomic mass is 9.71. The zero-order valence-electron chi connectivity index (χ0n) is 23.2. The molecule has 0 aromatic heterocycles. The van der Waals surface area contributed by atoms with E-state index in [2.05, 4.69) is 5.32 Å². The van der Waals surface area contributed by atoms with E-state index in [9.17, 15) is 34.5 Å². The smallest absolute Gasteiger partial charge is 0.334 e. The van der Waals surface area contributed by atoms with Crippen LogP contribution in [-0.2, 0) is 24.7 Å². The Balaban J connectivity index is 2.00. The number of carbonyl (C=O) groups excluding carboxylic acids is 4. The van der Waals surface area contributed by atoms with Crippen LogP contribution in [0.3, 0.4) is 0 Å². The third kappa shape index (κ3) is 4.95. The second-order valence-electron chi connectivity index (χ2n) is 11.0. The molecule has 4 rings (SSSR count). The van der Waals surface area contributed by atoms with E-state index >= 15 is 0 Å². The number of ether oxygens (including phenoxy) is 1. The monoisotopic (exact) mass is 549 g/mol. The van der Waals surface area contributed by atoms with Crippen LogP contribution in [0.25, 0.3) is 0 Å². The van der Waals surface area contributed by atoms with E-state index in [1.807, 2.05) is 6.92 Å². The molecular weight excluding hydrogens is 514 g/mol. The molecular formula is C31H35NO8. The largest absolute Gasteiger partial charge is 0.507 e. The van der Waals surface area contributed by atoms with Gasteiger partial charge in [-0.25, -0.2) is 4.79 Å². The number of hydrogen-bond donors (Lipinski definition) is 4. The Morgan fingerprint density at radius 3 is 2.55 bits per heavy atom. The number of aliphatic hydroxyl groups excluding tert-OH is 1. The van der Waals surface area contributed by atoms with Crippen molar-refractivity contribution in [1.82, 2.24) is 5.32 Å². The first kappa shape index (κ1) is 29.2. The van der Waals surface area contributed by atoms with E-state index in [0.29, 0.717) is 18.3 Å². The summed E-state index contributed by atoms with van der Waals surface area (Å²) < 4.78 is 5.65. The Morgan fingerprint density at radius 2 is 1.93 bits per heavy atom. The predicted octanol–water partition coefficient (Wildman–Crippen LogP) is 3.17. The number of nitrogens with one attached hydrogen (secondary N) is 1. The number of aliphatic hydroxyl groups is 2. The van der Waals surface area contributed by atoms with E-state index in [-0.39, 0.29) is 46.0 Å². The summed E-state index contributed by atoms with van der Waals surface area (Å²) in [5.74, 6) is -4.75. The molecule has 40 heavy (non-hydrogen) atoms. The van der Waals surface area contributed by atoms with Crippen molar-refractivity contribution < 1.29 is 39.2 Å². The lowest BCUT2D eigenvalue weighted by molar-refractivity contribution is -0.145. The molecule has 4 N–H and O–H groups in total. The lowest BCUT2D eigenvalue weighted by Crippen LogP contribution is -2.39. The van der Waals surface area contributed by atoms with Crippen molar-refractivity contribution in [3.8, 4) is 5.75 Å². The quantitative estimate of drug-likeness (QED) is 0.254. The fourth-order valence-electron chi connectivity index (χ4n) is 5.69. The van der Waals surface area contributed by atoms with Gasteiger partial charge in [-0.05, 0) is 64.2 Å². The summed E-state index contributed by atoms with van der Waals surface area (Å²) in [6.07, 6.45) is 6.43. The third-order valence-corrected chi connectivity index (χ3v) is 7.87. The van der Waals surface area contributed by atoms with Crippen LogP contribution in [0.4, 0.5) is 0 Å². The zero-order valence-corrected chi connectivity index (χ0v) is 23.2. The van der Waals surface area contributed by atoms with Crippen molar-refractivity contribution in [1.29, 1.82) is 0 Å².